The van der Waals surface area contributed by atoms with Gasteiger partial charge in [0.2, 0.25) is 0 Å². The number of hydrogen-bond acceptors (Lipinski definition) is 6. The Morgan fingerprint density at radius 3 is 1.21 bits per heavy atom. The van der Waals surface area contributed by atoms with Gasteiger partial charge in [-0.05, 0) is 70.6 Å². The number of unbranched alkanes of at least 4 members (excludes halogenated alkanes) is 9. The summed E-state index contributed by atoms with van der Waals surface area (Å²) in [6.07, 6.45) is 64.2. The molecule has 0 aliphatic rings. The second-order valence-corrected chi connectivity index (χ2v) is 13.7. The van der Waals surface area contributed by atoms with Crippen molar-refractivity contribution in [3.05, 3.63) is 146 Å². The minimum Gasteiger partial charge on any atom is -0.462 e. The Balaban J connectivity index is 4.66. The van der Waals surface area contributed by atoms with E-state index >= 15 is 0 Å². The minimum atomic E-state index is -0.851. The van der Waals surface area contributed by atoms with Gasteiger partial charge in [-0.1, -0.05) is 199 Å². The molecule has 0 aromatic heterocycles. The van der Waals surface area contributed by atoms with Gasteiger partial charge in [0, 0.05) is 19.3 Å². The number of carbonyl (C=O) groups excluding carboxylic acids is 3. The Hall–Kier alpha value is -4.71. The van der Waals surface area contributed by atoms with E-state index in [2.05, 4.69) is 57.2 Å². The predicted molar refractivity (Wildman–Crippen MR) is 246 cm³/mol. The zero-order valence-corrected chi connectivity index (χ0v) is 36.2. The Bertz CT molecular complexity index is 1380. The number of ether oxygens (including phenoxy) is 3. The average Bonchev–Trinajstić information content (AvgIpc) is 3.22. The van der Waals surface area contributed by atoms with Gasteiger partial charge in [-0.2, -0.15) is 0 Å². The number of rotatable bonds is 36. The molecule has 6 heteroatoms. The molecule has 320 valence electrons. The molecule has 0 saturated heterocycles. The normalized spacial score (nSPS) is 13.5. The smallest absolute Gasteiger partial charge is 0.306 e. The zero-order chi connectivity index (χ0) is 42.3. The van der Waals surface area contributed by atoms with Gasteiger partial charge in [-0.3, -0.25) is 14.4 Å². The third-order valence-corrected chi connectivity index (χ3v) is 8.33. The first-order valence-electron chi connectivity index (χ1n) is 22.0. The molecule has 0 aliphatic heterocycles. The van der Waals surface area contributed by atoms with E-state index in [0.717, 1.165) is 57.8 Å². The summed E-state index contributed by atoms with van der Waals surface area (Å²) in [5, 5.41) is 0. The minimum absolute atomic E-state index is 0.141. The fourth-order valence-electron chi connectivity index (χ4n) is 5.13. The van der Waals surface area contributed by atoms with Crippen LogP contribution in [0.15, 0.2) is 146 Å². The Kier molecular flexibility index (Phi) is 41.3. The van der Waals surface area contributed by atoms with Crippen molar-refractivity contribution in [3.63, 3.8) is 0 Å². The monoisotopic (exact) mass is 797 g/mol. The largest absolute Gasteiger partial charge is 0.462 e. The zero-order valence-electron chi connectivity index (χ0n) is 36.2. The van der Waals surface area contributed by atoms with Gasteiger partial charge in [-0.15, -0.1) is 0 Å². The van der Waals surface area contributed by atoms with Crippen LogP contribution in [0.2, 0.25) is 0 Å². The fraction of sp³-hybridized carbons (Fsp3) is 0.481. The lowest BCUT2D eigenvalue weighted by atomic mass is 10.1. The van der Waals surface area contributed by atoms with Crippen LogP contribution in [0.5, 0.6) is 0 Å². The third-order valence-electron chi connectivity index (χ3n) is 8.33. The van der Waals surface area contributed by atoms with Gasteiger partial charge >= 0.3 is 17.9 Å². The van der Waals surface area contributed by atoms with Crippen LogP contribution in [-0.4, -0.2) is 37.2 Å². The van der Waals surface area contributed by atoms with Crippen LogP contribution in [0.3, 0.4) is 0 Å². The van der Waals surface area contributed by atoms with Crippen molar-refractivity contribution in [2.24, 2.45) is 0 Å². The van der Waals surface area contributed by atoms with E-state index in [4.69, 9.17) is 14.2 Å². The SMILES string of the molecule is CC\C=C/C=C\C=C/C=C\C=C/CCCC(=O)OCC(COC(=O)CCCCCCCCC/C=C\C/C=C\CC)OC(=O)CCC\C=C/C=C\C=C/C=C\C=C/CC. The molecule has 0 spiro atoms. The highest BCUT2D eigenvalue weighted by Gasteiger charge is 2.19. The quantitative estimate of drug-likeness (QED) is 0.0207. The molecule has 0 N–H and O–H groups in total. The molecule has 1 unspecified atom stereocenters. The lowest BCUT2D eigenvalue weighted by molar-refractivity contribution is -0.167. The molecule has 0 saturated carbocycles. The van der Waals surface area contributed by atoms with Crippen molar-refractivity contribution in [1.29, 1.82) is 0 Å². The third kappa shape index (κ3) is 42.4. The van der Waals surface area contributed by atoms with Crippen molar-refractivity contribution in [2.75, 3.05) is 13.2 Å². The molecule has 0 bridgehead atoms. The molecule has 6 nitrogen and oxygen atoms in total. The summed E-state index contributed by atoms with van der Waals surface area (Å²) in [6, 6.07) is 0. The van der Waals surface area contributed by atoms with Crippen molar-refractivity contribution < 1.29 is 28.6 Å². The van der Waals surface area contributed by atoms with Crippen LogP contribution in [0, 0.1) is 0 Å². The highest BCUT2D eigenvalue weighted by molar-refractivity contribution is 5.71. The summed E-state index contributed by atoms with van der Waals surface area (Å²) >= 11 is 0. The number of esters is 3. The molecule has 0 amide bonds. The maximum Gasteiger partial charge on any atom is 0.306 e. The second kappa shape index (κ2) is 45.0. The van der Waals surface area contributed by atoms with Gasteiger partial charge < -0.3 is 14.2 Å². The van der Waals surface area contributed by atoms with Crippen molar-refractivity contribution in [1.82, 2.24) is 0 Å². The average molecular weight is 797 g/mol. The van der Waals surface area contributed by atoms with Crippen LogP contribution < -0.4 is 0 Å². The van der Waals surface area contributed by atoms with Gasteiger partial charge in [-0.25, -0.2) is 0 Å². The van der Waals surface area contributed by atoms with Crippen LogP contribution in [0.25, 0.3) is 0 Å². The summed E-state index contributed by atoms with van der Waals surface area (Å²) in [4.78, 5) is 37.7. The van der Waals surface area contributed by atoms with Crippen molar-refractivity contribution in [3.8, 4) is 0 Å². The second-order valence-electron chi connectivity index (χ2n) is 13.7. The topological polar surface area (TPSA) is 78.9 Å². The summed E-state index contributed by atoms with van der Waals surface area (Å²) in [6.45, 7) is 6.06. The van der Waals surface area contributed by atoms with Gasteiger partial charge in [0.25, 0.3) is 0 Å². The highest BCUT2D eigenvalue weighted by atomic mass is 16.6. The number of allylic oxidation sites excluding steroid dienone is 24. The molecule has 0 aromatic carbocycles. The predicted octanol–water partition coefficient (Wildman–Crippen LogP) is 14.1. The first-order valence-corrected chi connectivity index (χ1v) is 22.0. The standard InChI is InChI=1S/C52H76O6/c1-4-7-10-13-16-19-22-25-28-30-33-36-39-42-45-51(54)57-48-49(58-52(55)46-43-40-37-34-31-27-24-21-18-15-12-9-6-3)47-56-50(53)44-41-38-35-32-29-26-23-20-17-14-11-8-5-2/h7-12,14-21,23-24,26-27,29,31-32,34-35,37,49H,4-6,13,22,25,28,30,33,36,38-48H2,1-3H3/b10-7-,11-8-,12-9-,17-14-,18-15-,19-16-,23-20-,24-21-,29-26-,31-27-,35-32-,37-34-. The van der Waals surface area contributed by atoms with E-state index in [1.807, 2.05) is 109 Å². The maximum absolute atomic E-state index is 12.7. The van der Waals surface area contributed by atoms with E-state index in [0.29, 0.717) is 25.7 Å². The maximum atomic E-state index is 12.7. The summed E-state index contributed by atoms with van der Waals surface area (Å²) in [5.41, 5.74) is 0. The van der Waals surface area contributed by atoms with E-state index in [9.17, 15) is 14.4 Å². The summed E-state index contributed by atoms with van der Waals surface area (Å²) in [5.74, 6) is -1.12. The van der Waals surface area contributed by atoms with Crippen molar-refractivity contribution in [2.45, 2.75) is 149 Å². The molecule has 58 heavy (non-hydrogen) atoms. The van der Waals surface area contributed by atoms with Crippen LogP contribution >= 0.6 is 0 Å². The fourth-order valence-corrected chi connectivity index (χ4v) is 5.13. The van der Waals surface area contributed by atoms with Gasteiger partial charge in [0.1, 0.15) is 13.2 Å². The molecular weight excluding hydrogens is 721 g/mol. The first kappa shape index (κ1) is 53.3. The number of hydrogen-bond donors (Lipinski definition) is 0. The van der Waals surface area contributed by atoms with Crippen molar-refractivity contribution >= 4 is 17.9 Å². The van der Waals surface area contributed by atoms with Gasteiger partial charge in [0.05, 0.1) is 0 Å². The lowest BCUT2D eigenvalue weighted by Gasteiger charge is -2.18. The molecule has 0 fully saturated rings. The van der Waals surface area contributed by atoms with E-state index in [1.165, 1.54) is 25.7 Å². The summed E-state index contributed by atoms with van der Waals surface area (Å²) in [7, 11) is 0. The molecular formula is C52H76O6. The van der Waals surface area contributed by atoms with E-state index in [1.54, 1.807) is 0 Å². The molecule has 0 heterocycles. The molecule has 0 aliphatic carbocycles. The Labute approximate surface area is 353 Å². The summed E-state index contributed by atoms with van der Waals surface area (Å²) < 4.78 is 16.5. The number of carbonyl (C=O) groups is 3. The molecule has 1 atom stereocenters. The molecule has 0 rings (SSSR count). The van der Waals surface area contributed by atoms with Crippen LogP contribution in [0.1, 0.15) is 143 Å². The molecule has 0 radical (unpaired) electrons. The Morgan fingerprint density at radius 2 is 0.724 bits per heavy atom. The first-order chi connectivity index (χ1) is 28.5. The highest BCUT2D eigenvalue weighted by Crippen LogP contribution is 2.12. The van der Waals surface area contributed by atoms with Gasteiger partial charge in [0.15, 0.2) is 6.10 Å². The van der Waals surface area contributed by atoms with E-state index in [-0.39, 0.29) is 38.0 Å². The molecule has 0 aromatic rings. The lowest BCUT2D eigenvalue weighted by Crippen LogP contribution is -2.30. The van der Waals surface area contributed by atoms with Crippen LogP contribution in [0.4, 0.5) is 0 Å². The van der Waals surface area contributed by atoms with E-state index < -0.39 is 12.1 Å². The van der Waals surface area contributed by atoms with Crippen LogP contribution in [-0.2, 0) is 28.6 Å². The Morgan fingerprint density at radius 1 is 0.362 bits per heavy atom.